The van der Waals surface area contributed by atoms with E-state index in [1.165, 1.54) is 32.1 Å². The Morgan fingerprint density at radius 3 is 2.26 bits per heavy atom. The lowest BCUT2D eigenvalue weighted by Crippen LogP contribution is -2.67. The van der Waals surface area contributed by atoms with E-state index < -0.39 is 11.4 Å². The summed E-state index contributed by atoms with van der Waals surface area (Å²) in [5.74, 6) is 2.80. The molecule has 0 amide bonds. The van der Waals surface area contributed by atoms with Gasteiger partial charge in [-0.25, -0.2) is 0 Å². The second-order valence-electron chi connectivity index (χ2n) is 15.9. The summed E-state index contributed by atoms with van der Waals surface area (Å²) in [6, 6.07) is 0. The van der Waals surface area contributed by atoms with Gasteiger partial charge in [-0.2, -0.15) is 0 Å². The van der Waals surface area contributed by atoms with Crippen LogP contribution in [0.15, 0.2) is 0 Å². The molecule has 0 spiro atoms. The minimum atomic E-state index is -0.494. The molecule has 4 unspecified atom stereocenters. The summed E-state index contributed by atoms with van der Waals surface area (Å²) in [4.78, 5) is 12.9. The lowest BCUT2D eigenvalue weighted by molar-refractivity contribution is -0.248. The van der Waals surface area contributed by atoms with Crippen molar-refractivity contribution in [1.82, 2.24) is 5.32 Å². The van der Waals surface area contributed by atoms with Crippen molar-refractivity contribution in [2.75, 3.05) is 6.54 Å². The van der Waals surface area contributed by atoms with Gasteiger partial charge in [0.05, 0.1) is 5.41 Å². The first kappa shape index (κ1) is 28.7. The zero-order chi connectivity index (χ0) is 27.9. The lowest BCUT2D eigenvalue weighted by Gasteiger charge is -2.72. The first-order valence-corrected chi connectivity index (χ1v) is 16.3. The standard InChI is InChI=1S/C33H55NO3S/c1-9-34-28(38)37-25-14-15-30(6)23(29(25,4)5)13-16-32(8)24(30)11-10-22-26-21(20(2)3)12-17-33(26,27(35)36)19-18-31(22,32)7/h20-26H,9-19H2,1-8H3,(H,34,38)(H,35,36)/t21-,22?,23?,24?,25+,26?,30-,31+,32+,33-/m0/s1. The van der Waals surface area contributed by atoms with Crippen molar-refractivity contribution >= 4 is 23.4 Å². The second-order valence-corrected chi connectivity index (χ2v) is 16.3. The minimum Gasteiger partial charge on any atom is -0.481 e. The van der Waals surface area contributed by atoms with Crippen LogP contribution >= 0.6 is 12.2 Å². The van der Waals surface area contributed by atoms with Crippen LogP contribution in [0.4, 0.5) is 0 Å². The molecule has 5 aliphatic rings. The largest absolute Gasteiger partial charge is 0.481 e. The summed E-state index contributed by atoms with van der Waals surface area (Å²) < 4.78 is 6.39. The molecule has 2 N–H and O–H groups in total. The summed E-state index contributed by atoms with van der Waals surface area (Å²) >= 11 is 5.52. The number of carbonyl (C=O) groups is 1. The molecule has 5 rings (SSSR count). The van der Waals surface area contributed by atoms with Crippen LogP contribution in [0.2, 0.25) is 0 Å². The summed E-state index contributed by atoms with van der Waals surface area (Å²) in [6.45, 7) is 20.3. The maximum atomic E-state index is 12.9. The van der Waals surface area contributed by atoms with Crippen LogP contribution in [0, 0.1) is 62.6 Å². The number of fused-ring (bicyclic) bond motifs is 7. The van der Waals surface area contributed by atoms with Crippen LogP contribution in [0.3, 0.4) is 0 Å². The molecule has 216 valence electrons. The molecular formula is C33H55NO3S. The third-order valence-electron chi connectivity index (χ3n) is 14.3. The Hall–Kier alpha value is -0.840. The van der Waals surface area contributed by atoms with Gasteiger partial charge in [-0.1, -0.05) is 48.5 Å². The highest BCUT2D eigenvalue weighted by Gasteiger charge is 2.72. The van der Waals surface area contributed by atoms with Crippen molar-refractivity contribution in [2.24, 2.45) is 62.6 Å². The summed E-state index contributed by atoms with van der Waals surface area (Å²) in [6.07, 6.45) is 11.4. The molecule has 5 heteroatoms. The molecule has 0 bridgehead atoms. The van der Waals surface area contributed by atoms with E-state index >= 15 is 0 Å². The number of hydrogen-bond acceptors (Lipinski definition) is 3. The molecule has 0 heterocycles. The monoisotopic (exact) mass is 545 g/mol. The Kier molecular flexibility index (Phi) is 7.05. The zero-order valence-electron chi connectivity index (χ0n) is 25.5. The fraction of sp³-hybridized carbons (Fsp3) is 0.939. The van der Waals surface area contributed by atoms with Crippen molar-refractivity contribution in [2.45, 2.75) is 126 Å². The number of nitrogens with one attached hydrogen (secondary N) is 1. The highest BCUT2D eigenvalue weighted by Crippen LogP contribution is 2.77. The Balaban J connectivity index is 1.47. The molecule has 0 radical (unpaired) electrons. The van der Waals surface area contributed by atoms with Gasteiger partial charge in [0.25, 0.3) is 5.17 Å². The molecule has 5 fully saturated rings. The number of rotatable bonds is 4. The van der Waals surface area contributed by atoms with Gasteiger partial charge in [0.15, 0.2) is 0 Å². The molecular weight excluding hydrogens is 490 g/mol. The fourth-order valence-corrected chi connectivity index (χ4v) is 12.5. The first-order chi connectivity index (χ1) is 17.7. The van der Waals surface area contributed by atoms with E-state index in [2.05, 4.69) is 60.7 Å². The number of ether oxygens (including phenoxy) is 1. The number of aliphatic carboxylic acids is 1. The van der Waals surface area contributed by atoms with E-state index in [0.29, 0.717) is 46.1 Å². The average Bonchev–Trinajstić information content (AvgIpc) is 3.23. The fourth-order valence-electron chi connectivity index (χ4n) is 12.3. The maximum absolute atomic E-state index is 12.9. The van der Waals surface area contributed by atoms with Crippen LogP contribution in [0.25, 0.3) is 0 Å². The number of carboxylic acid groups (broad SMARTS) is 1. The normalized spacial score (nSPS) is 49.3. The summed E-state index contributed by atoms with van der Waals surface area (Å²) in [5, 5.41) is 14.4. The van der Waals surface area contributed by atoms with Crippen molar-refractivity contribution in [1.29, 1.82) is 0 Å². The minimum absolute atomic E-state index is 0.0742. The van der Waals surface area contributed by atoms with E-state index in [9.17, 15) is 9.90 Å². The molecule has 0 aromatic heterocycles. The highest BCUT2D eigenvalue weighted by molar-refractivity contribution is 7.80. The van der Waals surface area contributed by atoms with Crippen LogP contribution in [-0.2, 0) is 9.53 Å². The van der Waals surface area contributed by atoms with Gasteiger partial charge in [0, 0.05) is 12.0 Å². The summed E-state index contributed by atoms with van der Waals surface area (Å²) in [5.41, 5.74) is 0.364. The van der Waals surface area contributed by atoms with Gasteiger partial charge in [-0.15, -0.1) is 0 Å². The van der Waals surface area contributed by atoms with Crippen LogP contribution in [0.1, 0.15) is 120 Å². The molecule has 0 aliphatic heterocycles. The lowest BCUT2D eigenvalue weighted by atomic mass is 9.32. The predicted molar refractivity (Wildman–Crippen MR) is 158 cm³/mol. The van der Waals surface area contributed by atoms with Gasteiger partial charge >= 0.3 is 5.97 Å². The second kappa shape index (κ2) is 9.35. The van der Waals surface area contributed by atoms with Crippen LogP contribution < -0.4 is 5.32 Å². The van der Waals surface area contributed by atoms with E-state index in [0.717, 1.165) is 38.6 Å². The number of carboxylic acids is 1. The third-order valence-corrected chi connectivity index (χ3v) is 14.5. The molecule has 5 aliphatic carbocycles. The third kappa shape index (κ3) is 3.71. The van der Waals surface area contributed by atoms with E-state index in [1.807, 2.05) is 0 Å². The van der Waals surface area contributed by atoms with Crippen molar-refractivity contribution < 1.29 is 14.6 Å². The molecule has 38 heavy (non-hydrogen) atoms. The quantitative estimate of drug-likeness (QED) is 0.350. The SMILES string of the molecule is CCNC(=S)O[C@@H]1CC[C@@]2(C)C(CC[C@]3(C)C2CCC2C4[C@H](C(C)C)CC[C@]4(C(=O)O)CC[C@]23C)C1(C)C. The molecule has 0 aromatic rings. The van der Waals surface area contributed by atoms with Crippen LogP contribution in [0.5, 0.6) is 0 Å². The topological polar surface area (TPSA) is 58.6 Å². The Labute approximate surface area is 237 Å². The molecule has 4 nitrogen and oxygen atoms in total. The van der Waals surface area contributed by atoms with Crippen LogP contribution in [-0.4, -0.2) is 28.9 Å². The number of hydrogen-bond donors (Lipinski definition) is 2. The summed E-state index contributed by atoms with van der Waals surface area (Å²) in [7, 11) is 0. The van der Waals surface area contributed by atoms with E-state index in [1.54, 1.807) is 0 Å². The van der Waals surface area contributed by atoms with Gasteiger partial charge in [0.2, 0.25) is 0 Å². The Morgan fingerprint density at radius 1 is 0.921 bits per heavy atom. The predicted octanol–water partition coefficient (Wildman–Crippen LogP) is 8.09. The van der Waals surface area contributed by atoms with Gasteiger partial charge in [-0.05, 0) is 135 Å². The number of thiocarbonyl (C=S) groups is 1. The molecule has 10 atom stereocenters. The van der Waals surface area contributed by atoms with Crippen molar-refractivity contribution in [3.05, 3.63) is 0 Å². The van der Waals surface area contributed by atoms with Crippen molar-refractivity contribution in [3.63, 3.8) is 0 Å². The highest BCUT2D eigenvalue weighted by atomic mass is 32.1. The van der Waals surface area contributed by atoms with Gasteiger partial charge in [0.1, 0.15) is 6.10 Å². The molecule has 0 aromatic carbocycles. The van der Waals surface area contributed by atoms with E-state index in [4.69, 9.17) is 17.0 Å². The van der Waals surface area contributed by atoms with Crippen molar-refractivity contribution in [3.8, 4) is 0 Å². The Morgan fingerprint density at radius 2 is 1.63 bits per heavy atom. The van der Waals surface area contributed by atoms with E-state index in [-0.39, 0.29) is 22.3 Å². The molecule has 5 saturated carbocycles. The zero-order valence-corrected chi connectivity index (χ0v) is 26.3. The van der Waals surface area contributed by atoms with Gasteiger partial charge in [-0.3, -0.25) is 4.79 Å². The average molecular weight is 546 g/mol. The molecule has 0 saturated heterocycles. The maximum Gasteiger partial charge on any atom is 0.309 e. The Bertz CT molecular complexity index is 964. The first-order valence-electron chi connectivity index (χ1n) is 15.9. The smallest absolute Gasteiger partial charge is 0.309 e. The van der Waals surface area contributed by atoms with Gasteiger partial charge < -0.3 is 15.2 Å².